The topological polar surface area (TPSA) is 125 Å². The summed E-state index contributed by atoms with van der Waals surface area (Å²) in [7, 11) is -0.638. The molecule has 2 amide bonds. The standard InChI is InChI=1S/C20H20N6O4S2/c1-25(2)32(29,30)14-5-3-13(4-6-14)19(28)26-10-7-15-17(12-26)31-20(23-15)24-18(27)16-11-21-8-9-22-16/h3-6,8-9,11H,7,10,12H2,1-2H3,(H,23,24,27). The van der Waals surface area contributed by atoms with Crippen LogP contribution in [0.3, 0.4) is 0 Å². The predicted octanol–water partition coefficient (Wildman–Crippen LogP) is 1.63. The highest BCUT2D eigenvalue weighted by molar-refractivity contribution is 7.89. The van der Waals surface area contributed by atoms with Crippen LogP contribution in [0.15, 0.2) is 47.8 Å². The van der Waals surface area contributed by atoms with E-state index in [1.807, 2.05) is 0 Å². The molecule has 1 aliphatic heterocycles. The minimum absolute atomic E-state index is 0.130. The van der Waals surface area contributed by atoms with Gasteiger partial charge >= 0.3 is 0 Å². The summed E-state index contributed by atoms with van der Waals surface area (Å²) in [6.07, 6.45) is 4.86. The zero-order valence-electron chi connectivity index (χ0n) is 17.3. The van der Waals surface area contributed by atoms with E-state index in [4.69, 9.17) is 0 Å². The molecule has 0 saturated carbocycles. The molecule has 4 rings (SSSR count). The van der Waals surface area contributed by atoms with Gasteiger partial charge in [0.1, 0.15) is 5.69 Å². The molecule has 0 spiro atoms. The van der Waals surface area contributed by atoms with E-state index in [-0.39, 0.29) is 16.5 Å². The maximum atomic E-state index is 12.9. The predicted molar refractivity (Wildman–Crippen MR) is 118 cm³/mol. The number of hydrogen-bond donors (Lipinski definition) is 1. The summed E-state index contributed by atoms with van der Waals surface area (Å²) in [4.78, 5) is 40.2. The van der Waals surface area contributed by atoms with Gasteiger partial charge in [-0.25, -0.2) is 22.7 Å². The first kappa shape index (κ1) is 22.0. The van der Waals surface area contributed by atoms with Crippen molar-refractivity contribution in [3.63, 3.8) is 0 Å². The lowest BCUT2D eigenvalue weighted by molar-refractivity contribution is 0.0736. The minimum atomic E-state index is -3.55. The first-order valence-corrected chi connectivity index (χ1v) is 11.9. The van der Waals surface area contributed by atoms with Gasteiger partial charge in [0.25, 0.3) is 11.8 Å². The van der Waals surface area contributed by atoms with Crippen LogP contribution < -0.4 is 5.32 Å². The van der Waals surface area contributed by atoms with E-state index in [1.165, 1.54) is 68.3 Å². The molecule has 1 N–H and O–H groups in total. The summed E-state index contributed by atoms with van der Waals surface area (Å²) in [5.74, 6) is -0.590. The molecule has 2 aromatic heterocycles. The number of carbonyl (C=O) groups is 2. The molecule has 0 fully saturated rings. The molecule has 3 aromatic rings. The number of nitrogens with one attached hydrogen (secondary N) is 1. The Hall–Kier alpha value is -3.22. The normalized spacial score (nSPS) is 13.7. The van der Waals surface area contributed by atoms with Crippen molar-refractivity contribution in [1.82, 2.24) is 24.2 Å². The molecular weight excluding hydrogens is 452 g/mol. The Bertz CT molecular complexity index is 1260. The van der Waals surface area contributed by atoms with E-state index < -0.39 is 15.9 Å². The fraction of sp³-hybridized carbons (Fsp3) is 0.250. The van der Waals surface area contributed by atoms with Crippen molar-refractivity contribution in [2.75, 3.05) is 26.0 Å². The summed E-state index contributed by atoms with van der Waals surface area (Å²) in [5, 5.41) is 3.17. The number of amides is 2. The zero-order chi connectivity index (χ0) is 22.9. The molecule has 166 valence electrons. The Kier molecular flexibility index (Phi) is 6.00. The average molecular weight is 473 g/mol. The highest BCUT2D eigenvalue weighted by Crippen LogP contribution is 2.29. The van der Waals surface area contributed by atoms with Gasteiger partial charge in [-0.15, -0.1) is 0 Å². The average Bonchev–Trinajstić information content (AvgIpc) is 3.20. The summed E-state index contributed by atoms with van der Waals surface area (Å²) in [6.45, 7) is 0.843. The second kappa shape index (κ2) is 8.73. The molecule has 0 radical (unpaired) electrons. The minimum Gasteiger partial charge on any atom is -0.333 e. The van der Waals surface area contributed by atoms with Gasteiger partial charge in [-0.05, 0) is 24.3 Å². The number of thiazole rings is 1. The summed E-state index contributed by atoms with van der Waals surface area (Å²) in [5.41, 5.74) is 1.45. The van der Waals surface area contributed by atoms with Gasteiger partial charge in [-0.1, -0.05) is 11.3 Å². The van der Waals surface area contributed by atoms with E-state index >= 15 is 0 Å². The molecule has 1 aliphatic rings. The maximum absolute atomic E-state index is 12.9. The third-order valence-corrected chi connectivity index (χ3v) is 7.74. The van der Waals surface area contributed by atoms with Gasteiger partial charge in [0.05, 0.1) is 23.3 Å². The van der Waals surface area contributed by atoms with Gasteiger partial charge < -0.3 is 4.90 Å². The van der Waals surface area contributed by atoms with Crippen molar-refractivity contribution in [3.8, 4) is 0 Å². The van der Waals surface area contributed by atoms with Crippen molar-refractivity contribution in [2.24, 2.45) is 0 Å². The molecule has 32 heavy (non-hydrogen) atoms. The lowest BCUT2D eigenvalue weighted by Gasteiger charge is -2.26. The van der Waals surface area contributed by atoms with Gasteiger partial charge in [0, 0.05) is 49.9 Å². The third kappa shape index (κ3) is 4.38. The lowest BCUT2D eigenvalue weighted by atomic mass is 10.1. The van der Waals surface area contributed by atoms with E-state index in [0.29, 0.717) is 30.2 Å². The quantitative estimate of drug-likeness (QED) is 0.598. The largest absolute Gasteiger partial charge is 0.333 e. The van der Waals surface area contributed by atoms with E-state index in [9.17, 15) is 18.0 Å². The number of carbonyl (C=O) groups excluding carboxylic acids is 2. The third-order valence-electron chi connectivity index (χ3n) is 4.91. The molecule has 0 aliphatic carbocycles. The van der Waals surface area contributed by atoms with Crippen LogP contribution in [0.25, 0.3) is 0 Å². The van der Waals surface area contributed by atoms with Gasteiger partial charge in [-0.3, -0.25) is 19.9 Å². The van der Waals surface area contributed by atoms with Gasteiger partial charge in [-0.2, -0.15) is 0 Å². The number of rotatable bonds is 5. The zero-order valence-corrected chi connectivity index (χ0v) is 19.0. The van der Waals surface area contributed by atoms with Gasteiger partial charge in [0.15, 0.2) is 5.13 Å². The fourth-order valence-electron chi connectivity index (χ4n) is 3.16. The van der Waals surface area contributed by atoms with Crippen LogP contribution in [0.4, 0.5) is 5.13 Å². The number of fused-ring (bicyclic) bond motifs is 1. The Morgan fingerprint density at radius 1 is 1.16 bits per heavy atom. The Morgan fingerprint density at radius 2 is 1.91 bits per heavy atom. The molecule has 1 aromatic carbocycles. The van der Waals surface area contributed by atoms with Crippen LogP contribution in [0.5, 0.6) is 0 Å². The highest BCUT2D eigenvalue weighted by Gasteiger charge is 2.26. The van der Waals surface area contributed by atoms with Crippen LogP contribution >= 0.6 is 11.3 Å². The van der Waals surface area contributed by atoms with Crippen LogP contribution in [0, 0.1) is 0 Å². The molecule has 0 unspecified atom stereocenters. The molecule has 0 bridgehead atoms. The number of benzene rings is 1. The van der Waals surface area contributed by atoms with Crippen LogP contribution in [0.2, 0.25) is 0 Å². The van der Waals surface area contributed by atoms with Crippen LogP contribution in [0.1, 0.15) is 31.4 Å². The number of anilines is 1. The second-order valence-corrected chi connectivity index (χ2v) is 10.5. The smallest absolute Gasteiger partial charge is 0.277 e. The second-order valence-electron chi connectivity index (χ2n) is 7.22. The van der Waals surface area contributed by atoms with Crippen LogP contribution in [-0.4, -0.2) is 65.0 Å². The monoisotopic (exact) mass is 472 g/mol. The summed E-state index contributed by atoms with van der Waals surface area (Å²) in [6, 6.07) is 5.91. The number of nitrogens with zero attached hydrogens (tertiary/aromatic N) is 5. The molecule has 10 nitrogen and oxygen atoms in total. The SMILES string of the molecule is CN(C)S(=O)(=O)c1ccc(C(=O)N2CCc3nc(NC(=O)c4cnccn4)sc3C2)cc1. The van der Waals surface area contributed by atoms with E-state index in [0.717, 1.165) is 14.9 Å². The number of hydrogen-bond acceptors (Lipinski definition) is 8. The summed E-state index contributed by atoms with van der Waals surface area (Å²) < 4.78 is 25.5. The maximum Gasteiger partial charge on any atom is 0.277 e. The van der Waals surface area contributed by atoms with E-state index in [1.54, 1.807) is 4.90 Å². The lowest BCUT2D eigenvalue weighted by Crippen LogP contribution is -2.35. The Labute approximate surface area is 189 Å². The highest BCUT2D eigenvalue weighted by atomic mass is 32.2. The molecule has 0 atom stereocenters. The molecule has 0 saturated heterocycles. The number of sulfonamides is 1. The molecule has 3 heterocycles. The first-order chi connectivity index (χ1) is 15.3. The van der Waals surface area contributed by atoms with Crippen LogP contribution in [-0.2, 0) is 23.0 Å². The van der Waals surface area contributed by atoms with Crippen molar-refractivity contribution < 1.29 is 18.0 Å². The van der Waals surface area contributed by atoms with Crippen molar-refractivity contribution in [2.45, 2.75) is 17.9 Å². The van der Waals surface area contributed by atoms with E-state index in [2.05, 4.69) is 20.3 Å². The first-order valence-electron chi connectivity index (χ1n) is 9.63. The van der Waals surface area contributed by atoms with Crippen molar-refractivity contribution in [3.05, 3.63) is 64.7 Å². The van der Waals surface area contributed by atoms with Crippen molar-refractivity contribution >= 4 is 38.3 Å². The summed E-state index contributed by atoms with van der Waals surface area (Å²) >= 11 is 1.31. The van der Waals surface area contributed by atoms with Crippen molar-refractivity contribution in [1.29, 1.82) is 0 Å². The molecule has 12 heteroatoms. The number of aromatic nitrogens is 3. The van der Waals surface area contributed by atoms with Gasteiger partial charge in [0.2, 0.25) is 10.0 Å². The Balaban J connectivity index is 1.45. The molecular formula is C20H20N6O4S2. The fourth-order valence-corrected chi connectivity index (χ4v) is 5.08. The Morgan fingerprint density at radius 3 is 2.56 bits per heavy atom.